The van der Waals surface area contributed by atoms with Crippen molar-refractivity contribution in [3.63, 3.8) is 0 Å². The topological polar surface area (TPSA) is 63.4 Å². The highest BCUT2D eigenvalue weighted by Gasteiger charge is 2.34. The first-order chi connectivity index (χ1) is 15.9. The van der Waals surface area contributed by atoms with Gasteiger partial charge in [-0.1, -0.05) is 47.6 Å². The van der Waals surface area contributed by atoms with Crippen LogP contribution in [0.4, 0.5) is 4.39 Å². The summed E-state index contributed by atoms with van der Waals surface area (Å²) in [5.74, 6) is 0.550. The molecule has 33 heavy (non-hydrogen) atoms. The average Bonchev–Trinajstić information content (AvgIpc) is 3.28. The number of nitrogens with zero attached hydrogens (tertiary/aromatic N) is 3. The standard InChI is InChI=1S/C25H27FN4O2S/c1-16(2)31-14-8-13-30-17(3)21(22(27-25(30)33)19-11-7-12-20(26)15-19)24-28-23(29-32-24)18-9-5-4-6-10-18/h4-7,9-12,15-16,22H,8,13-14H2,1-3H3,(H,27,33). The number of ether oxygens (including phenoxy) is 1. The van der Waals surface area contributed by atoms with Gasteiger partial charge in [-0.05, 0) is 57.1 Å². The van der Waals surface area contributed by atoms with Crippen LogP contribution in [-0.4, -0.2) is 39.4 Å². The zero-order valence-electron chi connectivity index (χ0n) is 18.9. The summed E-state index contributed by atoms with van der Waals surface area (Å²) in [6.07, 6.45) is 0.977. The summed E-state index contributed by atoms with van der Waals surface area (Å²) >= 11 is 5.68. The highest BCUT2D eigenvalue weighted by Crippen LogP contribution is 2.37. The molecule has 4 rings (SSSR count). The Morgan fingerprint density at radius 3 is 2.70 bits per heavy atom. The molecular weight excluding hydrogens is 439 g/mol. The summed E-state index contributed by atoms with van der Waals surface area (Å²) in [5, 5.41) is 8.11. The lowest BCUT2D eigenvalue weighted by atomic mass is 9.94. The van der Waals surface area contributed by atoms with Gasteiger partial charge in [-0.3, -0.25) is 0 Å². The fourth-order valence-electron chi connectivity index (χ4n) is 3.84. The molecule has 1 aliphatic heterocycles. The van der Waals surface area contributed by atoms with Gasteiger partial charge >= 0.3 is 0 Å². The van der Waals surface area contributed by atoms with Crippen molar-refractivity contribution in [2.45, 2.75) is 39.3 Å². The van der Waals surface area contributed by atoms with Crippen LogP contribution in [0.25, 0.3) is 17.0 Å². The van der Waals surface area contributed by atoms with E-state index in [1.165, 1.54) is 12.1 Å². The third-order valence-electron chi connectivity index (χ3n) is 5.44. The second-order valence-electron chi connectivity index (χ2n) is 8.15. The smallest absolute Gasteiger partial charge is 0.258 e. The van der Waals surface area contributed by atoms with Gasteiger partial charge < -0.3 is 19.5 Å². The predicted molar refractivity (Wildman–Crippen MR) is 130 cm³/mol. The Balaban J connectivity index is 1.71. The lowest BCUT2D eigenvalue weighted by Crippen LogP contribution is -2.46. The number of benzene rings is 2. The summed E-state index contributed by atoms with van der Waals surface area (Å²) in [5.41, 5.74) is 3.25. The molecule has 1 unspecified atom stereocenters. The normalized spacial score (nSPS) is 16.5. The molecule has 1 aromatic heterocycles. The van der Waals surface area contributed by atoms with E-state index >= 15 is 0 Å². The minimum absolute atomic E-state index is 0.177. The molecule has 1 atom stereocenters. The lowest BCUT2D eigenvalue weighted by Gasteiger charge is -2.37. The van der Waals surface area contributed by atoms with E-state index in [0.29, 0.717) is 30.0 Å². The highest BCUT2D eigenvalue weighted by atomic mass is 32.1. The van der Waals surface area contributed by atoms with Crippen LogP contribution in [0.3, 0.4) is 0 Å². The van der Waals surface area contributed by atoms with Crippen LogP contribution in [0.15, 0.2) is 64.8 Å². The molecule has 1 aliphatic rings. The Bertz CT molecular complexity index is 1150. The first-order valence-corrected chi connectivity index (χ1v) is 11.4. The molecule has 0 aliphatic carbocycles. The first kappa shape index (κ1) is 23.1. The summed E-state index contributed by atoms with van der Waals surface area (Å²) in [4.78, 5) is 6.68. The van der Waals surface area contributed by atoms with E-state index in [1.807, 2.05) is 62.1 Å². The first-order valence-electron chi connectivity index (χ1n) is 11.0. The Labute approximate surface area is 198 Å². The van der Waals surface area contributed by atoms with E-state index in [0.717, 1.165) is 28.8 Å². The van der Waals surface area contributed by atoms with E-state index in [2.05, 4.69) is 15.5 Å². The molecular formula is C25H27FN4O2S. The molecule has 2 heterocycles. The van der Waals surface area contributed by atoms with Crippen molar-refractivity contribution >= 4 is 22.9 Å². The zero-order chi connectivity index (χ0) is 23.4. The average molecular weight is 467 g/mol. The number of nitrogens with one attached hydrogen (secondary N) is 1. The summed E-state index contributed by atoms with van der Waals surface area (Å²) in [7, 11) is 0. The van der Waals surface area contributed by atoms with Gasteiger partial charge in [0, 0.05) is 24.4 Å². The van der Waals surface area contributed by atoms with E-state index in [1.54, 1.807) is 6.07 Å². The number of thiocarbonyl (C=S) groups is 1. The maximum Gasteiger partial charge on any atom is 0.258 e. The van der Waals surface area contributed by atoms with Gasteiger partial charge in [-0.2, -0.15) is 4.98 Å². The molecule has 8 heteroatoms. The number of rotatable bonds is 8. The maximum atomic E-state index is 14.1. The number of hydrogen-bond donors (Lipinski definition) is 1. The molecule has 0 saturated carbocycles. The van der Waals surface area contributed by atoms with Crippen molar-refractivity contribution < 1.29 is 13.7 Å². The molecule has 0 amide bonds. The second-order valence-corrected chi connectivity index (χ2v) is 8.54. The highest BCUT2D eigenvalue weighted by molar-refractivity contribution is 7.80. The van der Waals surface area contributed by atoms with Crippen molar-refractivity contribution in [2.24, 2.45) is 0 Å². The van der Waals surface area contributed by atoms with Gasteiger partial charge in [0.05, 0.1) is 17.7 Å². The molecule has 172 valence electrons. The number of allylic oxidation sites excluding steroid dienone is 1. The zero-order valence-corrected chi connectivity index (χ0v) is 19.7. The van der Waals surface area contributed by atoms with Crippen molar-refractivity contribution in [2.75, 3.05) is 13.2 Å². The third kappa shape index (κ3) is 5.29. The van der Waals surface area contributed by atoms with Gasteiger partial charge in [-0.15, -0.1) is 0 Å². The van der Waals surface area contributed by atoms with Gasteiger partial charge in [-0.25, -0.2) is 4.39 Å². The van der Waals surface area contributed by atoms with Crippen molar-refractivity contribution in [1.29, 1.82) is 0 Å². The van der Waals surface area contributed by atoms with Crippen LogP contribution >= 0.6 is 12.2 Å². The molecule has 0 saturated heterocycles. The van der Waals surface area contributed by atoms with Crippen LogP contribution in [0.2, 0.25) is 0 Å². The van der Waals surface area contributed by atoms with Crippen molar-refractivity contribution in [3.05, 3.63) is 77.6 Å². The Kier molecular flexibility index (Phi) is 7.15. The molecule has 2 aromatic carbocycles. The second kappa shape index (κ2) is 10.2. The Hall–Kier alpha value is -3.10. The quantitative estimate of drug-likeness (QED) is 0.354. The number of aromatic nitrogens is 2. The van der Waals surface area contributed by atoms with Crippen LogP contribution in [0.1, 0.15) is 44.7 Å². The summed E-state index contributed by atoms with van der Waals surface area (Å²) < 4.78 is 25.5. The molecule has 3 aromatic rings. The lowest BCUT2D eigenvalue weighted by molar-refractivity contribution is 0.0749. The third-order valence-corrected chi connectivity index (χ3v) is 5.78. The molecule has 0 spiro atoms. The predicted octanol–water partition coefficient (Wildman–Crippen LogP) is 5.35. The van der Waals surface area contributed by atoms with Crippen LogP contribution < -0.4 is 5.32 Å². The molecule has 0 bridgehead atoms. The van der Waals surface area contributed by atoms with Crippen LogP contribution in [0, 0.1) is 5.82 Å². The fourth-order valence-corrected chi connectivity index (χ4v) is 4.19. The molecule has 0 fully saturated rings. The van der Waals surface area contributed by atoms with Crippen LogP contribution in [0.5, 0.6) is 0 Å². The SMILES string of the molecule is CC1=C(c2nc(-c3ccccc3)no2)C(c2cccc(F)c2)NC(=S)N1CCCOC(C)C. The van der Waals surface area contributed by atoms with Gasteiger partial charge in [0.25, 0.3) is 5.89 Å². The fraction of sp³-hybridized carbons (Fsp3) is 0.320. The van der Waals surface area contributed by atoms with E-state index in [-0.39, 0.29) is 11.9 Å². The minimum atomic E-state index is -0.416. The monoisotopic (exact) mass is 466 g/mol. The van der Waals surface area contributed by atoms with E-state index in [9.17, 15) is 4.39 Å². The summed E-state index contributed by atoms with van der Waals surface area (Å²) in [6.45, 7) is 7.30. The molecule has 6 nitrogen and oxygen atoms in total. The molecule has 1 N–H and O–H groups in total. The van der Waals surface area contributed by atoms with E-state index < -0.39 is 6.04 Å². The summed E-state index contributed by atoms with van der Waals surface area (Å²) in [6, 6.07) is 15.7. The number of hydrogen-bond acceptors (Lipinski definition) is 5. The van der Waals surface area contributed by atoms with E-state index in [4.69, 9.17) is 21.5 Å². The van der Waals surface area contributed by atoms with Crippen molar-refractivity contribution in [3.8, 4) is 11.4 Å². The molecule has 0 radical (unpaired) electrons. The maximum absolute atomic E-state index is 14.1. The van der Waals surface area contributed by atoms with Gasteiger partial charge in [0.15, 0.2) is 5.11 Å². The number of halogens is 1. The Morgan fingerprint density at radius 1 is 1.18 bits per heavy atom. The van der Waals surface area contributed by atoms with Crippen molar-refractivity contribution in [1.82, 2.24) is 20.4 Å². The largest absolute Gasteiger partial charge is 0.379 e. The van der Waals surface area contributed by atoms with Gasteiger partial charge in [0.2, 0.25) is 5.82 Å². The Morgan fingerprint density at radius 2 is 1.97 bits per heavy atom. The minimum Gasteiger partial charge on any atom is -0.379 e. The van der Waals surface area contributed by atoms with Gasteiger partial charge in [0.1, 0.15) is 5.82 Å². The van der Waals surface area contributed by atoms with Crippen LogP contribution in [-0.2, 0) is 4.74 Å².